The molecule has 1 aromatic rings. The Bertz CT molecular complexity index is 375. The number of rotatable bonds is 4. The number of nitrogen functional groups attached to an aromatic ring is 1. The van der Waals surface area contributed by atoms with Gasteiger partial charge in [0.25, 0.3) is 0 Å². The van der Waals surface area contributed by atoms with E-state index in [1.54, 1.807) is 13.3 Å². The topological polar surface area (TPSA) is 98.2 Å². The van der Waals surface area contributed by atoms with Crippen molar-refractivity contribution in [2.24, 2.45) is 7.05 Å². The summed E-state index contributed by atoms with van der Waals surface area (Å²) in [6.45, 7) is 0. The summed E-state index contributed by atoms with van der Waals surface area (Å²) in [6.07, 6.45) is 1.67. The SMILES string of the molecule is Cn1c(SC[C]=O)nc(C(=O)O)c1N. The van der Waals surface area contributed by atoms with Crippen LogP contribution >= 0.6 is 11.8 Å². The van der Waals surface area contributed by atoms with E-state index >= 15 is 0 Å². The summed E-state index contributed by atoms with van der Waals surface area (Å²) < 4.78 is 1.42. The van der Waals surface area contributed by atoms with Crippen LogP contribution in [0.3, 0.4) is 0 Å². The highest BCUT2D eigenvalue weighted by Crippen LogP contribution is 2.21. The fraction of sp³-hybridized carbons (Fsp3) is 0.286. The minimum atomic E-state index is -1.18. The first-order valence-electron chi connectivity index (χ1n) is 3.61. The molecule has 0 saturated heterocycles. The second-order valence-electron chi connectivity index (χ2n) is 2.43. The number of nitrogens with zero attached hydrogens (tertiary/aromatic N) is 2. The number of aromatic carboxylic acids is 1. The summed E-state index contributed by atoms with van der Waals surface area (Å²) in [5.74, 6) is -1.01. The molecular weight excluding hydrogens is 206 g/mol. The van der Waals surface area contributed by atoms with Crippen molar-refractivity contribution in [3.05, 3.63) is 5.69 Å². The molecule has 0 bridgehead atoms. The van der Waals surface area contributed by atoms with Crippen LogP contribution in [0.25, 0.3) is 0 Å². The van der Waals surface area contributed by atoms with Gasteiger partial charge in [-0.15, -0.1) is 0 Å². The molecule has 0 fully saturated rings. The number of carbonyl (C=O) groups excluding carboxylic acids is 1. The fourth-order valence-corrected chi connectivity index (χ4v) is 1.51. The lowest BCUT2D eigenvalue weighted by molar-refractivity contribution is 0.0692. The molecule has 3 N–H and O–H groups in total. The van der Waals surface area contributed by atoms with Gasteiger partial charge >= 0.3 is 5.97 Å². The summed E-state index contributed by atoms with van der Waals surface area (Å²) in [7, 11) is 1.59. The van der Waals surface area contributed by atoms with Gasteiger partial charge < -0.3 is 15.4 Å². The highest BCUT2D eigenvalue weighted by molar-refractivity contribution is 7.99. The minimum Gasteiger partial charge on any atom is -0.476 e. The van der Waals surface area contributed by atoms with E-state index < -0.39 is 5.97 Å². The van der Waals surface area contributed by atoms with Crippen molar-refractivity contribution in [3.8, 4) is 0 Å². The van der Waals surface area contributed by atoms with Gasteiger partial charge in [0.05, 0.1) is 5.75 Å². The predicted molar refractivity (Wildman–Crippen MR) is 51.0 cm³/mol. The quantitative estimate of drug-likeness (QED) is 0.679. The Kier molecular flexibility index (Phi) is 3.13. The molecule has 0 aliphatic carbocycles. The number of carboxylic acid groups (broad SMARTS) is 1. The van der Waals surface area contributed by atoms with Crippen molar-refractivity contribution in [2.75, 3.05) is 11.5 Å². The summed E-state index contributed by atoms with van der Waals surface area (Å²) in [6, 6.07) is 0. The smallest absolute Gasteiger partial charge is 0.358 e. The van der Waals surface area contributed by atoms with E-state index in [-0.39, 0.29) is 17.3 Å². The lowest BCUT2D eigenvalue weighted by Crippen LogP contribution is -2.03. The number of imidazole rings is 1. The van der Waals surface area contributed by atoms with E-state index in [9.17, 15) is 9.59 Å². The average Bonchev–Trinajstić information content (AvgIpc) is 2.42. The third-order valence-electron chi connectivity index (χ3n) is 1.56. The first-order chi connectivity index (χ1) is 6.57. The summed E-state index contributed by atoms with van der Waals surface area (Å²) in [5.41, 5.74) is 5.29. The van der Waals surface area contributed by atoms with Gasteiger partial charge in [0.15, 0.2) is 10.9 Å². The molecule has 0 aliphatic rings. The van der Waals surface area contributed by atoms with E-state index in [1.165, 1.54) is 4.57 Å². The molecule has 0 spiro atoms. The van der Waals surface area contributed by atoms with Crippen LogP contribution in [-0.4, -0.2) is 32.7 Å². The Morgan fingerprint density at radius 1 is 1.79 bits per heavy atom. The average molecular weight is 214 g/mol. The van der Waals surface area contributed by atoms with Gasteiger partial charge in [0.1, 0.15) is 5.82 Å². The number of hydrogen-bond donors (Lipinski definition) is 2. The van der Waals surface area contributed by atoms with Crippen LogP contribution in [0.1, 0.15) is 10.5 Å². The van der Waals surface area contributed by atoms with Crippen molar-refractivity contribution < 1.29 is 14.7 Å². The number of anilines is 1. The van der Waals surface area contributed by atoms with Gasteiger partial charge in [-0.05, 0) is 0 Å². The third kappa shape index (κ3) is 1.87. The summed E-state index contributed by atoms with van der Waals surface area (Å²) >= 11 is 1.08. The largest absolute Gasteiger partial charge is 0.476 e. The van der Waals surface area contributed by atoms with Crippen LogP contribution < -0.4 is 5.73 Å². The van der Waals surface area contributed by atoms with Crippen LogP contribution in [0.15, 0.2) is 5.16 Å². The maximum absolute atomic E-state index is 10.6. The standard InChI is InChI=1S/C7H8N3O3S/c1-10-5(8)4(6(12)13)9-7(10)14-3-2-11/h3,8H2,1H3,(H,12,13). The molecule has 0 aromatic carbocycles. The number of thioether (sulfide) groups is 1. The predicted octanol–water partition coefficient (Wildman–Crippen LogP) is -0.0977. The van der Waals surface area contributed by atoms with Crippen molar-refractivity contribution >= 4 is 29.8 Å². The molecule has 6 nitrogen and oxygen atoms in total. The molecule has 0 unspecified atom stereocenters. The minimum absolute atomic E-state index is 0.0749. The summed E-state index contributed by atoms with van der Waals surface area (Å²) in [5, 5.41) is 9.08. The number of hydrogen-bond acceptors (Lipinski definition) is 5. The van der Waals surface area contributed by atoms with Gasteiger partial charge in [-0.3, -0.25) is 4.79 Å². The number of carboxylic acids is 1. The number of nitrogens with two attached hydrogens (primary N) is 1. The first kappa shape index (κ1) is 10.6. The molecule has 14 heavy (non-hydrogen) atoms. The first-order valence-corrected chi connectivity index (χ1v) is 4.59. The second-order valence-corrected chi connectivity index (χ2v) is 3.37. The molecule has 75 valence electrons. The van der Waals surface area contributed by atoms with Crippen molar-refractivity contribution in [1.82, 2.24) is 9.55 Å². The Labute approximate surface area is 84.1 Å². The maximum Gasteiger partial charge on any atom is 0.358 e. The van der Waals surface area contributed by atoms with Crippen LogP contribution in [-0.2, 0) is 11.8 Å². The van der Waals surface area contributed by atoms with E-state index in [4.69, 9.17) is 10.8 Å². The zero-order valence-electron chi connectivity index (χ0n) is 7.35. The zero-order valence-corrected chi connectivity index (χ0v) is 8.17. The second kappa shape index (κ2) is 4.14. The molecule has 1 heterocycles. The van der Waals surface area contributed by atoms with Crippen molar-refractivity contribution in [2.45, 2.75) is 5.16 Å². The molecule has 0 amide bonds. The van der Waals surface area contributed by atoms with Gasteiger partial charge in [-0.2, -0.15) is 0 Å². The lowest BCUT2D eigenvalue weighted by atomic mass is 10.4. The number of carbonyl (C=O) groups is 1. The molecule has 0 atom stereocenters. The fourth-order valence-electron chi connectivity index (χ4n) is 0.870. The van der Waals surface area contributed by atoms with Crippen molar-refractivity contribution in [3.63, 3.8) is 0 Å². The Hall–Kier alpha value is -1.50. The Balaban J connectivity index is 3.02. The summed E-state index contributed by atoms with van der Waals surface area (Å²) in [4.78, 5) is 24.4. The molecule has 0 saturated carbocycles. The van der Waals surface area contributed by atoms with Crippen LogP contribution in [0.5, 0.6) is 0 Å². The molecule has 1 radical (unpaired) electrons. The lowest BCUT2D eigenvalue weighted by Gasteiger charge is -1.98. The zero-order chi connectivity index (χ0) is 10.7. The molecule has 7 heteroatoms. The van der Waals surface area contributed by atoms with E-state index in [0.29, 0.717) is 5.16 Å². The van der Waals surface area contributed by atoms with Gasteiger partial charge in [0, 0.05) is 7.05 Å². The maximum atomic E-state index is 10.6. The monoisotopic (exact) mass is 214 g/mol. The van der Waals surface area contributed by atoms with E-state index in [1.807, 2.05) is 0 Å². The Morgan fingerprint density at radius 3 is 2.86 bits per heavy atom. The van der Waals surface area contributed by atoms with Crippen LogP contribution in [0, 0.1) is 0 Å². The molecule has 1 aromatic heterocycles. The molecular formula is C7H8N3O3S. The number of aromatic nitrogens is 2. The van der Waals surface area contributed by atoms with Crippen LogP contribution in [0.4, 0.5) is 5.82 Å². The normalized spacial score (nSPS) is 10.1. The van der Waals surface area contributed by atoms with E-state index in [2.05, 4.69) is 4.98 Å². The van der Waals surface area contributed by atoms with Crippen LogP contribution in [0.2, 0.25) is 0 Å². The highest BCUT2D eigenvalue weighted by atomic mass is 32.2. The van der Waals surface area contributed by atoms with Crippen molar-refractivity contribution in [1.29, 1.82) is 0 Å². The van der Waals surface area contributed by atoms with Gasteiger partial charge in [-0.25, -0.2) is 9.78 Å². The molecule has 0 aliphatic heterocycles. The molecule has 1 rings (SSSR count). The Morgan fingerprint density at radius 2 is 2.43 bits per heavy atom. The van der Waals surface area contributed by atoms with Gasteiger partial charge in [-0.1, -0.05) is 11.8 Å². The van der Waals surface area contributed by atoms with Gasteiger partial charge in [0.2, 0.25) is 6.29 Å². The van der Waals surface area contributed by atoms with E-state index in [0.717, 1.165) is 11.8 Å². The third-order valence-corrected chi connectivity index (χ3v) is 2.45. The highest BCUT2D eigenvalue weighted by Gasteiger charge is 2.17.